The van der Waals surface area contributed by atoms with Crippen LogP contribution in [0.15, 0.2) is 211 Å². The Labute approximate surface area is 350 Å². The number of benzene rings is 8. The summed E-state index contributed by atoms with van der Waals surface area (Å²) in [5.41, 5.74) is 17.7. The highest BCUT2D eigenvalue weighted by Gasteiger charge is 2.34. The number of nitrogens with zero attached hydrogens (tertiary/aromatic N) is 1. The Kier molecular flexibility index (Phi) is 8.19. The molecule has 3 heteroatoms. The normalized spacial score (nSPS) is 17.4. The molecule has 0 saturated carbocycles. The van der Waals surface area contributed by atoms with E-state index in [0.717, 1.165) is 63.2 Å². The molecule has 0 saturated heterocycles. The lowest BCUT2D eigenvalue weighted by Crippen LogP contribution is -2.15. The molecule has 3 nitrogen and oxygen atoms in total. The molecule has 286 valence electrons. The molecule has 3 aliphatic rings. The van der Waals surface area contributed by atoms with Gasteiger partial charge in [-0.05, 0) is 118 Å². The standard InChI is InChI=1S/C57H41NO2/c1-4-14-37(15-5-1)38-24-28-43(29-25-38)58(42-18-8-3-9-19-42)44-30-33-48-50(36-44)45(39-16-6-2-7-17-39)31-26-40-35-54-57(49-21-11-13-23-52(49)60-54)56(55(40)48)41-27-32-47-46-20-10-12-22-51(46)59-53(47)34-41/h1-25,27-30,32-36,45-46,51H,26,31H2. The summed E-state index contributed by atoms with van der Waals surface area (Å²) in [5, 5.41) is 2.28. The number of ether oxygens (including phenoxy) is 1. The molecule has 12 rings (SSSR count). The van der Waals surface area contributed by atoms with E-state index in [0.29, 0.717) is 0 Å². The fourth-order valence-electron chi connectivity index (χ4n) is 10.1. The quantitative estimate of drug-likeness (QED) is 0.168. The Hall–Kier alpha value is -7.36. The van der Waals surface area contributed by atoms with Crippen molar-refractivity contribution in [1.82, 2.24) is 0 Å². The highest BCUT2D eigenvalue weighted by Crippen LogP contribution is 2.53. The lowest BCUT2D eigenvalue weighted by molar-refractivity contribution is 0.269. The van der Waals surface area contributed by atoms with Gasteiger partial charge in [0, 0.05) is 50.8 Å². The molecular weight excluding hydrogens is 731 g/mol. The second-order valence-electron chi connectivity index (χ2n) is 16.2. The zero-order valence-electron chi connectivity index (χ0n) is 33.0. The molecule has 2 heterocycles. The number of aryl methyl sites for hydroxylation is 1. The average molecular weight is 772 g/mol. The molecule has 0 spiro atoms. The topological polar surface area (TPSA) is 25.6 Å². The molecule has 60 heavy (non-hydrogen) atoms. The van der Waals surface area contributed by atoms with E-state index in [4.69, 9.17) is 9.15 Å². The molecule has 0 amide bonds. The van der Waals surface area contributed by atoms with Gasteiger partial charge in [-0.25, -0.2) is 0 Å². The maximum Gasteiger partial charge on any atom is 0.136 e. The van der Waals surface area contributed by atoms with E-state index in [1.54, 1.807) is 0 Å². The van der Waals surface area contributed by atoms with Gasteiger partial charge in [-0.2, -0.15) is 0 Å². The van der Waals surface area contributed by atoms with E-state index >= 15 is 0 Å². The van der Waals surface area contributed by atoms with Crippen LogP contribution in [0.4, 0.5) is 17.1 Å². The van der Waals surface area contributed by atoms with Gasteiger partial charge < -0.3 is 14.1 Å². The van der Waals surface area contributed by atoms with Crippen LogP contribution in [-0.4, -0.2) is 6.10 Å². The lowest BCUT2D eigenvalue weighted by atomic mass is 9.82. The van der Waals surface area contributed by atoms with Crippen LogP contribution in [0, 0.1) is 0 Å². The van der Waals surface area contributed by atoms with Crippen LogP contribution in [0.5, 0.6) is 5.75 Å². The van der Waals surface area contributed by atoms with Crippen LogP contribution in [0.25, 0.3) is 55.3 Å². The van der Waals surface area contributed by atoms with Crippen LogP contribution >= 0.6 is 0 Å². The minimum Gasteiger partial charge on any atom is -0.485 e. The van der Waals surface area contributed by atoms with Gasteiger partial charge in [0.1, 0.15) is 23.0 Å². The van der Waals surface area contributed by atoms with Crippen molar-refractivity contribution in [1.29, 1.82) is 0 Å². The van der Waals surface area contributed by atoms with E-state index in [9.17, 15) is 0 Å². The second-order valence-corrected chi connectivity index (χ2v) is 16.2. The van der Waals surface area contributed by atoms with Crippen LogP contribution in [0.2, 0.25) is 0 Å². The Morgan fingerprint density at radius 1 is 0.500 bits per heavy atom. The molecule has 0 bridgehead atoms. The second kappa shape index (κ2) is 14.2. The molecule has 1 aromatic heterocycles. The monoisotopic (exact) mass is 771 g/mol. The predicted octanol–water partition coefficient (Wildman–Crippen LogP) is 15.1. The van der Waals surface area contributed by atoms with Crippen LogP contribution < -0.4 is 9.64 Å². The zero-order chi connectivity index (χ0) is 39.6. The van der Waals surface area contributed by atoms with Crippen molar-refractivity contribution in [3.8, 4) is 39.1 Å². The largest absolute Gasteiger partial charge is 0.485 e. The number of fused-ring (bicyclic) bond motifs is 9. The third kappa shape index (κ3) is 5.72. The summed E-state index contributed by atoms with van der Waals surface area (Å²) in [4.78, 5) is 2.40. The molecule has 3 atom stereocenters. The Bertz CT molecular complexity index is 3120. The SMILES string of the molecule is C1=CC2Oc3cc(-c4c5c(cc6oc7ccccc7c46)CCC(c4ccccc4)c4cc(N(c6ccccc6)c6ccc(-c7ccccc7)cc6)ccc4-5)ccc3C2C=C1. The molecule has 2 aliphatic carbocycles. The van der Waals surface area contributed by atoms with Crippen molar-refractivity contribution in [2.45, 2.75) is 30.8 Å². The van der Waals surface area contributed by atoms with Gasteiger partial charge in [0.25, 0.3) is 0 Å². The van der Waals surface area contributed by atoms with Gasteiger partial charge in [-0.3, -0.25) is 0 Å². The molecular formula is C57H41NO2. The fraction of sp³-hybridized carbons (Fsp3) is 0.0877. The average Bonchev–Trinajstić information content (AvgIpc) is 3.83. The summed E-state index contributed by atoms with van der Waals surface area (Å²) in [6.45, 7) is 0. The molecule has 0 fully saturated rings. The number of allylic oxidation sites excluding steroid dienone is 2. The number of hydrogen-bond acceptors (Lipinski definition) is 3. The van der Waals surface area contributed by atoms with Crippen molar-refractivity contribution < 1.29 is 9.15 Å². The van der Waals surface area contributed by atoms with Crippen LogP contribution in [0.3, 0.4) is 0 Å². The van der Waals surface area contributed by atoms with Gasteiger partial charge in [0.05, 0.1) is 0 Å². The van der Waals surface area contributed by atoms with Crippen molar-refractivity contribution in [3.05, 3.63) is 229 Å². The van der Waals surface area contributed by atoms with Crippen molar-refractivity contribution in [3.63, 3.8) is 0 Å². The zero-order valence-corrected chi connectivity index (χ0v) is 33.0. The third-order valence-corrected chi connectivity index (χ3v) is 12.8. The van der Waals surface area contributed by atoms with E-state index in [1.165, 1.54) is 50.1 Å². The number of furan rings is 1. The first kappa shape index (κ1) is 34.7. The molecule has 8 aromatic carbocycles. The maximum atomic E-state index is 6.72. The van der Waals surface area contributed by atoms with E-state index < -0.39 is 0 Å². The van der Waals surface area contributed by atoms with E-state index in [1.807, 2.05) is 0 Å². The van der Waals surface area contributed by atoms with Gasteiger partial charge in [0.2, 0.25) is 0 Å². The lowest BCUT2D eigenvalue weighted by Gasteiger charge is -2.28. The first-order valence-electron chi connectivity index (χ1n) is 21.1. The first-order valence-corrected chi connectivity index (χ1v) is 21.1. The predicted molar refractivity (Wildman–Crippen MR) is 247 cm³/mol. The summed E-state index contributed by atoms with van der Waals surface area (Å²) in [6, 6.07) is 66.3. The van der Waals surface area contributed by atoms with Crippen LogP contribution in [-0.2, 0) is 6.42 Å². The molecule has 3 unspecified atom stereocenters. The molecule has 1 aliphatic heterocycles. The Morgan fingerprint density at radius 2 is 1.18 bits per heavy atom. The number of para-hydroxylation sites is 2. The first-order chi connectivity index (χ1) is 29.7. The number of hydrogen-bond donors (Lipinski definition) is 0. The summed E-state index contributed by atoms with van der Waals surface area (Å²) >= 11 is 0. The molecule has 9 aromatic rings. The summed E-state index contributed by atoms with van der Waals surface area (Å²) in [6.07, 6.45) is 10.6. The summed E-state index contributed by atoms with van der Waals surface area (Å²) in [5.74, 6) is 1.36. The van der Waals surface area contributed by atoms with Gasteiger partial charge in [-0.15, -0.1) is 0 Å². The van der Waals surface area contributed by atoms with Crippen molar-refractivity contribution >= 4 is 39.0 Å². The summed E-state index contributed by atoms with van der Waals surface area (Å²) in [7, 11) is 0. The van der Waals surface area contributed by atoms with Gasteiger partial charge in [0.15, 0.2) is 0 Å². The van der Waals surface area contributed by atoms with Crippen molar-refractivity contribution in [2.75, 3.05) is 4.90 Å². The highest BCUT2D eigenvalue weighted by molar-refractivity contribution is 6.17. The summed E-state index contributed by atoms with van der Waals surface area (Å²) < 4.78 is 13.4. The van der Waals surface area contributed by atoms with Gasteiger partial charge >= 0.3 is 0 Å². The maximum absolute atomic E-state index is 6.72. The Morgan fingerprint density at radius 3 is 2.02 bits per heavy atom. The highest BCUT2D eigenvalue weighted by atomic mass is 16.5. The van der Waals surface area contributed by atoms with Crippen LogP contribution in [0.1, 0.15) is 40.5 Å². The van der Waals surface area contributed by atoms with Crippen molar-refractivity contribution in [2.24, 2.45) is 0 Å². The number of anilines is 3. The fourth-order valence-corrected chi connectivity index (χ4v) is 10.1. The smallest absolute Gasteiger partial charge is 0.136 e. The third-order valence-electron chi connectivity index (χ3n) is 12.8. The van der Waals surface area contributed by atoms with E-state index in [2.05, 4.69) is 211 Å². The molecule has 0 radical (unpaired) electrons. The minimum atomic E-state index is 0.0239. The van der Waals surface area contributed by atoms with Gasteiger partial charge in [-0.1, -0.05) is 146 Å². The Balaban J connectivity index is 1.10. The molecule has 0 N–H and O–H groups in total. The number of rotatable bonds is 6. The minimum absolute atomic E-state index is 0.0239. The van der Waals surface area contributed by atoms with E-state index in [-0.39, 0.29) is 17.9 Å².